The Bertz CT molecular complexity index is 325. The van der Waals surface area contributed by atoms with Gasteiger partial charge in [-0.15, -0.1) is 0 Å². The first-order chi connectivity index (χ1) is 7.70. The minimum absolute atomic E-state index is 0.682. The second-order valence-electron chi connectivity index (χ2n) is 4.89. The predicted molar refractivity (Wildman–Crippen MR) is 65.1 cm³/mol. The number of aryl methyl sites for hydroxylation is 2. The molecule has 1 aliphatic rings. The molecular formula is C12H22N4. The Balaban J connectivity index is 1.99. The van der Waals surface area contributed by atoms with Crippen molar-refractivity contribution in [3.8, 4) is 0 Å². The first-order valence-corrected chi connectivity index (χ1v) is 6.13. The van der Waals surface area contributed by atoms with Gasteiger partial charge >= 0.3 is 0 Å². The van der Waals surface area contributed by atoms with Gasteiger partial charge in [0.15, 0.2) is 0 Å². The van der Waals surface area contributed by atoms with E-state index < -0.39 is 0 Å². The number of nitrogens with two attached hydrogens (primary N) is 1. The fourth-order valence-corrected chi connectivity index (χ4v) is 2.52. The zero-order chi connectivity index (χ0) is 11.5. The number of aromatic nitrogens is 2. The van der Waals surface area contributed by atoms with Gasteiger partial charge in [0.25, 0.3) is 0 Å². The molecule has 0 saturated carbocycles. The van der Waals surface area contributed by atoms with Crippen LogP contribution in [0, 0.1) is 19.8 Å². The van der Waals surface area contributed by atoms with Crippen LogP contribution in [-0.2, 0) is 6.54 Å². The molecule has 4 nitrogen and oxygen atoms in total. The summed E-state index contributed by atoms with van der Waals surface area (Å²) >= 11 is 0. The van der Waals surface area contributed by atoms with Crippen LogP contribution in [0.2, 0.25) is 0 Å². The quantitative estimate of drug-likeness (QED) is 0.808. The van der Waals surface area contributed by atoms with Crippen LogP contribution in [0.4, 0.5) is 0 Å². The zero-order valence-electron chi connectivity index (χ0n) is 10.3. The van der Waals surface area contributed by atoms with Gasteiger partial charge in [-0.2, -0.15) is 5.10 Å². The van der Waals surface area contributed by atoms with Crippen molar-refractivity contribution >= 4 is 0 Å². The summed E-state index contributed by atoms with van der Waals surface area (Å²) in [4.78, 5) is 2.51. The minimum atomic E-state index is 0.682. The lowest BCUT2D eigenvalue weighted by Crippen LogP contribution is -2.38. The van der Waals surface area contributed by atoms with Crippen LogP contribution in [0.1, 0.15) is 29.8 Å². The molecule has 1 fully saturated rings. The zero-order valence-corrected chi connectivity index (χ0v) is 10.3. The fraction of sp³-hybridized carbons (Fsp3) is 0.750. The van der Waals surface area contributed by atoms with E-state index in [4.69, 9.17) is 5.73 Å². The lowest BCUT2D eigenvalue weighted by molar-refractivity contribution is 0.170. The molecule has 16 heavy (non-hydrogen) atoms. The van der Waals surface area contributed by atoms with Crippen molar-refractivity contribution in [3.63, 3.8) is 0 Å². The van der Waals surface area contributed by atoms with Crippen molar-refractivity contribution in [1.82, 2.24) is 15.1 Å². The van der Waals surface area contributed by atoms with E-state index in [0.717, 1.165) is 25.3 Å². The molecule has 0 aliphatic carbocycles. The number of likely N-dealkylation sites (tertiary alicyclic amines) is 1. The largest absolute Gasteiger partial charge is 0.330 e. The maximum Gasteiger partial charge on any atom is 0.0639 e. The van der Waals surface area contributed by atoms with E-state index in [9.17, 15) is 0 Å². The van der Waals surface area contributed by atoms with Crippen LogP contribution in [-0.4, -0.2) is 34.7 Å². The molecule has 0 amide bonds. The van der Waals surface area contributed by atoms with Gasteiger partial charge in [-0.05, 0) is 45.7 Å². The van der Waals surface area contributed by atoms with Gasteiger partial charge in [-0.3, -0.25) is 10.00 Å². The number of hydrogen-bond donors (Lipinski definition) is 2. The maximum absolute atomic E-state index is 5.75. The Morgan fingerprint density at radius 1 is 1.50 bits per heavy atom. The Morgan fingerprint density at radius 3 is 2.94 bits per heavy atom. The molecule has 2 rings (SSSR count). The van der Waals surface area contributed by atoms with Crippen LogP contribution in [0.25, 0.3) is 0 Å². The molecule has 1 atom stereocenters. The summed E-state index contributed by atoms with van der Waals surface area (Å²) in [6, 6.07) is 0. The highest BCUT2D eigenvalue weighted by Gasteiger charge is 2.20. The molecule has 0 radical (unpaired) electrons. The van der Waals surface area contributed by atoms with Crippen molar-refractivity contribution in [2.24, 2.45) is 11.7 Å². The van der Waals surface area contributed by atoms with Gasteiger partial charge in [0, 0.05) is 24.3 Å². The van der Waals surface area contributed by atoms with Crippen molar-refractivity contribution in [2.75, 3.05) is 19.6 Å². The number of H-pyrrole nitrogens is 1. The van der Waals surface area contributed by atoms with E-state index in [1.54, 1.807) is 0 Å². The SMILES string of the molecule is Cc1n[nH]c(C)c1CN1CCC[C@H](CN)C1. The molecule has 1 aromatic heterocycles. The molecule has 0 bridgehead atoms. The number of hydrogen-bond acceptors (Lipinski definition) is 3. The number of nitrogens with zero attached hydrogens (tertiary/aromatic N) is 2. The molecule has 3 N–H and O–H groups in total. The summed E-state index contributed by atoms with van der Waals surface area (Å²) < 4.78 is 0. The van der Waals surface area contributed by atoms with Gasteiger partial charge in [0.05, 0.1) is 5.69 Å². The van der Waals surface area contributed by atoms with Crippen LogP contribution in [0.5, 0.6) is 0 Å². The van der Waals surface area contributed by atoms with Gasteiger partial charge in [-0.1, -0.05) is 0 Å². The van der Waals surface area contributed by atoms with E-state index >= 15 is 0 Å². The third kappa shape index (κ3) is 2.44. The number of nitrogens with one attached hydrogen (secondary N) is 1. The lowest BCUT2D eigenvalue weighted by Gasteiger charge is -2.32. The van der Waals surface area contributed by atoms with Gasteiger partial charge in [0.2, 0.25) is 0 Å². The molecule has 90 valence electrons. The molecule has 1 saturated heterocycles. The summed E-state index contributed by atoms with van der Waals surface area (Å²) in [5, 5.41) is 7.29. The van der Waals surface area contributed by atoms with Crippen LogP contribution < -0.4 is 5.73 Å². The monoisotopic (exact) mass is 222 g/mol. The molecule has 0 aromatic carbocycles. The van der Waals surface area contributed by atoms with E-state index in [2.05, 4.69) is 28.9 Å². The highest BCUT2D eigenvalue weighted by atomic mass is 15.2. The Labute approximate surface area is 97.2 Å². The van der Waals surface area contributed by atoms with Crippen molar-refractivity contribution < 1.29 is 0 Å². The average molecular weight is 222 g/mol. The molecular weight excluding hydrogens is 200 g/mol. The number of piperidine rings is 1. The molecule has 0 unspecified atom stereocenters. The lowest BCUT2D eigenvalue weighted by atomic mass is 9.98. The Morgan fingerprint density at radius 2 is 2.31 bits per heavy atom. The van der Waals surface area contributed by atoms with Crippen molar-refractivity contribution in [2.45, 2.75) is 33.2 Å². The topological polar surface area (TPSA) is 57.9 Å². The van der Waals surface area contributed by atoms with Crippen LogP contribution in [0.15, 0.2) is 0 Å². The summed E-state index contributed by atoms with van der Waals surface area (Å²) in [6.07, 6.45) is 2.56. The maximum atomic E-state index is 5.75. The van der Waals surface area contributed by atoms with Crippen molar-refractivity contribution in [1.29, 1.82) is 0 Å². The van der Waals surface area contributed by atoms with E-state index in [0.29, 0.717) is 5.92 Å². The summed E-state index contributed by atoms with van der Waals surface area (Å²) in [5.41, 5.74) is 9.45. The minimum Gasteiger partial charge on any atom is -0.330 e. The van der Waals surface area contributed by atoms with E-state index in [1.165, 1.54) is 30.6 Å². The van der Waals surface area contributed by atoms with Crippen LogP contribution >= 0.6 is 0 Å². The van der Waals surface area contributed by atoms with Gasteiger partial charge < -0.3 is 5.73 Å². The molecule has 1 aliphatic heterocycles. The summed E-state index contributed by atoms with van der Waals surface area (Å²) in [5.74, 6) is 0.682. The van der Waals surface area contributed by atoms with Gasteiger partial charge in [-0.25, -0.2) is 0 Å². The molecule has 0 spiro atoms. The first kappa shape index (κ1) is 11.6. The third-order valence-corrected chi connectivity index (χ3v) is 3.60. The van der Waals surface area contributed by atoms with Gasteiger partial charge in [0.1, 0.15) is 0 Å². The number of aromatic amines is 1. The predicted octanol–water partition coefficient (Wildman–Crippen LogP) is 1.20. The van der Waals surface area contributed by atoms with E-state index in [1.807, 2.05) is 0 Å². The molecule has 1 aromatic rings. The normalized spacial score (nSPS) is 22.6. The summed E-state index contributed by atoms with van der Waals surface area (Å²) in [6.45, 7) is 8.34. The second kappa shape index (κ2) is 4.97. The Hall–Kier alpha value is -0.870. The van der Waals surface area contributed by atoms with E-state index in [-0.39, 0.29) is 0 Å². The smallest absolute Gasteiger partial charge is 0.0639 e. The number of rotatable bonds is 3. The highest BCUT2D eigenvalue weighted by molar-refractivity contribution is 5.22. The van der Waals surface area contributed by atoms with Crippen molar-refractivity contribution in [3.05, 3.63) is 17.0 Å². The molecule has 4 heteroatoms. The average Bonchev–Trinajstić information content (AvgIpc) is 2.61. The summed E-state index contributed by atoms with van der Waals surface area (Å²) in [7, 11) is 0. The third-order valence-electron chi connectivity index (χ3n) is 3.60. The highest BCUT2D eigenvalue weighted by Crippen LogP contribution is 2.19. The first-order valence-electron chi connectivity index (χ1n) is 6.13. The second-order valence-corrected chi connectivity index (χ2v) is 4.89. The van der Waals surface area contributed by atoms with Crippen LogP contribution in [0.3, 0.4) is 0 Å². The molecule has 2 heterocycles. The standard InChI is InChI=1S/C12H22N4/c1-9-12(10(2)15-14-9)8-16-5-3-4-11(6-13)7-16/h11H,3-8,13H2,1-2H3,(H,14,15)/t11-/m1/s1. The fourth-order valence-electron chi connectivity index (χ4n) is 2.52. The Kier molecular flexibility index (Phi) is 3.61.